The maximum absolute atomic E-state index is 11.8. The summed E-state index contributed by atoms with van der Waals surface area (Å²) in [6.07, 6.45) is 0.371. The summed E-state index contributed by atoms with van der Waals surface area (Å²) < 4.78 is 0. The molecule has 0 heterocycles. The lowest BCUT2D eigenvalue weighted by Crippen LogP contribution is -2.19. The van der Waals surface area contributed by atoms with E-state index in [4.69, 9.17) is 5.11 Å². The zero-order valence-electron chi connectivity index (χ0n) is 10.3. The summed E-state index contributed by atoms with van der Waals surface area (Å²) in [7, 11) is 1.52. The zero-order chi connectivity index (χ0) is 14.0. The third kappa shape index (κ3) is 2.90. The van der Waals surface area contributed by atoms with E-state index in [1.165, 1.54) is 7.05 Å². The summed E-state index contributed by atoms with van der Waals surface area (Å²) in [5, 5.41) is 13.9. The molecule has 1 aromatic carbocycles. The van der Waals surface area contributed by atoms with Crippen LogP contribution in [0.25, 0.3) is 0 Å². The average molecular weight is 262 g/mol. The van der Waals surface area contributed by atoms with Crippen molar-refractivity contribution in [3.63, 3.8) is 0 Å². The normalized spacial score (nSPS) is 20.5. The Morgan fingerprint density at radius 1 is 1.26 bits per heavy atom. The van der Waals surface area contributed by atoms with Crippen molar-refractivity contribution in [1.29, 1.82) is 0 Å². The molecule has 0 aliphatic heterocycles. The number of carboxylic acids is 1. The molecule has 2 rings (SSSR count). The maximum atomic E-state index is 11.8. The molecule has 3 N–H and O–H groups in total. The molecule has 2 amide bonds. The molecule has 0 unspecified atom stereocenters. The topological polar surface area (TPSA) is 95.5 Å². The first-order valence-electron chi connectivity index (χ1n) is 5.88. The van der Waals surface area contributed by atoms with E-state index in [1.54, 1.807) is 24.3 Å². The van der Waals surface area contributed by atoms with Crippen LogP contribution >= 0.6 is 0 Å². The van der Waals surface area contributed by atoms with Gasteiger partial charge in [-0.25, -0.2) is 0 Å². The first-order valence-corrected chi connectivity index (χ1v) is 5.88. The standard InChI is InChI=1S/C13H14N2O4/c1-14-11(16)7-3-2-4-8(5-7)15-12(17)9-6-10(9)13(18)19/h2-5,9-10H,6H2,1H3,(H,14,16)(H,15,17)(H,18,19)/t9-,10+/m1/s1. The molecular weight excluding hydrogens is 248 g/mol. The van der Waals surface area contributed by atoms with Crippen LogP contribution in [0.4, 0.5) is 5.69 Å². The molecule has 2 atom stereocenters. The molecule has 1 aliphatic carbocycles. The van der Waals surface area contributed by atoms with E-state index in [0.717, 1.165) is 0 Å². The molecule has 0 spiro atoms. The third-order valence-electron chi connectivity index (χ3n) is 3.06. The monoisotopic (exact) mass is 262 g/mol. The molecule has 1 aliphatic rings. The van der Waals surface area contributed by atoms with Gasteiger partial charge >= 0.3 is 5.97 Å². The summed E-state index contributed by atoms with van der Waals surface area (Å²) >= 11 is 0. The number of hydrogen-bond acceptors (Lipinski definition) is 3. The van der Waals surface area contributed by atoms with Crippen LogP contribution in [-0.2, 0) is 9.59 Å². The number of carboxylic acid groups (broad SMARTS) is 1. The van der Waals surface area contributed by atoms with Gasteiger partial charge in [-0.2, -0.15) is 0 Å². The lowest BCUT2D eigenvalue weighted by atomic mass is 10.2. The minimum absolute atomic E-state index is 0.245. The Morgan fingerprint density at radius 3 is 2.58 bits per heavy atom. The highest BCUT2D eigenvalue weighted by atomic mass is 16.4. The Hall–Kier alpha value is -2.37. The number of amides is 2. The number of nitrogens with one attached hydrogen (secondary N) is 2. The van der Waals surface area contributed by atoms with Gasteiger partial charge in [0.1, 0.15) is 0 Å². The van der Waals surface area contributed by atoms with Gasteiger partial charge in [-0.15, -0.1) is 0 Å². The maximum Gasteiger partial charge on any atom is 0.307 e. The Kier molecular flexibility index (Phi) is 3.50. The van der Waals surface area contributed by atoms with E-state index in [2.05, 4.69) is 10.6 Å². The van der Waals surface area contributed by atoms with Gasteiger partial charge in [0.25, 0.3) is 5.91 Å². The van der Waals surface area contributed by atoms with Gasteiger partial charge < -0.3 is 15.7 Å². The molecule has 0 saturated heterocycles. The fourth-order valence-electron chi connectivity index (χ4n) is 1.88. The van der Waals surface area contributed by atoms with Crippen LogP contribution in [-0.4, -0.2) is 29.9 Å². The third-order valence-corrected chi connectivity index (χ3v) is 3.06. The Balaban J connectivity index is 2.02. The summed E-state index contributed by atoms with van der Waals surface area (Å²) in [6, 6.07) is 6.49. The van der Waals surface area contributed by atoms with Gasteiger partial charge in [-0.05, 0) is 24.6 Å². The minimum Gasteiger partial charge on any atom is -0.481 e. The van der Waals surface area contributed by atoms with Crippen molar-refractivity contribution in [3.8, 4) is 0 Å². The summed E-state index contributed by atoms with van der Waals surface area (Å²) in [5.74, 6) is -2.56. The highest BCUT2D eigenvalue weighted by Crippen LogP contribution is 2.39. The summed E-state index contributed by atoms with van der Waals surface area (Å²) in [5.41, 5.74) is 0.924. The second-order valence-electron chi connectivity index (χ2n) is 4.44. The predicted octanol–water partition coefficient (Wildman–Crippen LogP) is 0.705. The van der Waals surface area contributed by atoms with E-state index < -0.39 is 17.8 Å². The van der Waals surface area contributed by atoms with Crippen molar-refractivity contribution in [1.82, 2.24) is 5.32 Å². The summed E-state index contributed by atoms with van der Waals surface area (Å²) in [6.45, 7) is 0. The van der Waals surface area contributed by atoms with Gasteiger partial charge in [0, 0.05) is 18.3 Å². The average Bonchev–Trinajstić information content (AvgIpc) is 3.18. The minimum atomic E-state index is -0.945. The fourth-order valence-corrected chi connectivity index (χ4v) is 1.88. The van der Waals surface area contributed by atoms with Gasteiger partial charge in [-0.1, -0.05) is 6.07 Å². The van der Waals surface area contributed by atoms with E-state index >= 15 is 0 Å². The van der Waals surface area contributed by atoms with Crippen molar-refractivity contribution in [2.75, 3.05) is 12.4 Å². The highest BCUT2D eigenvalue weighted by Gasteiger charge is 2.48. The van der Waals surface area contributed by atoms with Gasteiger partial charge in [0.2, 0.25) is 5.91 Å². The van der Waals surface area contributed by atoms with Crippen LogP contribution in [0, 0.1) is 11.8 Å². The first-order chi connectivity index (χ1) is 9.02. The molecule has 1 saturated carbocycles. The number of carbonyl (C=O) groups excluding carboxylic acids is 2. The van der Waals surface area contributed by atoms with Crippen LogP contribution in [0.1, 0.15) is 16.8 Å². The molecule has 1 aromatic rings. The van der Waals surface area contributed by atoms with E-state index in [9.17, 15) is 14.4 Å². The lowest BCUT2D eigenvalue weighted by molar-refractivity contribution is -0.139. The fraction of sp³-hybridized carbons (Fsp3) is 0.308. The van der Waals surface area contributed by atoms with Crippen molar-refractivity contribution in [2.24, 2.45) is 11.8 Å². The number of anilines is 1. The van der Waals surface area contributed by atoms with Gasteiger partial charge in [0.15, 0.2) is 0 Å². The molecule has 0 bridgehead atoms. The number of aliphatic carboxylic acids is 1. The van der Waals surface area contributed by atoms with Crippen LogP contribution in [0.2, 0.25) is 0 Å². The molecule has 1 fully saturated rings. The predicted molar refractivity (Wildman–Crippen MR) is 67.7 cm³/mol. The lowest BCUT2D eigenvalue weighted by Gasteiger charge is -2.06. The van der Waals surface area contributed by atoms with Crippen LogP contribution in [0.5, 0.6) is 0 Å². The van der Waals surface area contributed by atoms with Crippen LogP contribution < -0.4 is 10.6 Å². The summed E-state index contributed by atoms with van der Waals surface area (Å²) in [4.78, 5) is 33.9. The van der Waals surface area contributed by atoms with E-state index in [1.807, 2.05) is 0 Å². The van der Waals surface area contributed by atoms with Crippen molar-refractivity contribution < 1.29 is 19.5 Å². The second kappa shape index (κ2) is 5.09. The van der Waals surface area contributed by atoms with Gasteiger partial charge in [0.05, 0.1) is 11.8 Å². The number of rotatable bonds is 4. The van der Waals surface area contributed by atoms with E-state index in [0.29, 0.717) is 17.7 Å². The second-order valence-corrected chi connectivity index (χ2v) is 4.44. The SMILES string of the molecule is CNC(=O)c1cccc(NC(=O)[C@@H]2C[C@@H]2C(=O)O)c1. The molecule has 6 nitrogen and oxygen atoms in total. The molecule has 6 heteroatoms. The number of hydrogen-bond donors (Lipinski definition) is 3. The molecule has 0 aromatic heterocycles. The molecule has 100 valence electrons. The molecule has 19 heavy (non-hydrogen) atoms. The van der Waals surface area contributed by atoms with Crippen molar-refractivity contribution in [2.45, 2.75) is 6.42 Å². The van der Waals surface area contributed by atoms with E-state index in [-0.39, 0.29) is 11.8 Å². The Bertz CT molecular complexity index is 541. The number of benzene rings is 1. The molecular formula is C13H14N2O4. The Labute approximate surface area is 109 Å². The Morgan fingerprint density at radius 2 is 2.00 bits per heavy atom. The highest BCUT2D eigenvalue weighted by molar-refractivity contribution is 6.00. The van der Waals surface area contributed by atoms with Crippen molar-refractivity contribution >= 4 is 23.5 Å². The van der Waals surface area contributed by atoms with Crippen LogP contribution in [0.3, 0.4) is 0 Å². The van der Waals surface area contributed by atoms with Crippen LogP contribution in [0.15, 0.2) is 24.3 Å². The van der Waals surface area contributed by atoms with Gasteiger partial charge in [-0.3, -0.25) is 14.4 Å². The van der Waals surface area contributed by atoms with Crippen molar-refractivity contribution in [3.05, 3.63) is 29.8 Å². The quantitative estimate of drug-likeness (QED) is 0.744. The zero-order valence-corrected chi connectivity index (χ0v) is 10.3. The smallest absolute Gasteiger partial charge is 0.307 e. The molecule has 0 radical (unpaired) electrons. The largest absolute Gasteiger partial charge is 0.481 e. The first kappa shape index (κ1) is 13.1. The number of carbonyl (C=O) groups is 3.